The summed E-state index contributed by atoms with van der Waals surface area (Å²) in [5.74, 6) is 0.313. The largest absolute Gasteiger partial charge is 0.463 e. The van der Waals surface area contributed by atoms with E-state index in [4.69, 9.17) is 4.74 Å². The number of thiophene rings is 1. The van der Waals surface area contributed by atoms with E-state index in [1.165, 1.54) is 7.11 Å². The Morgan fingerprint density at radius 2 is 2.20 bits per heavy atom. The van der Waals surface area contributed by atoms with Gasteiger partial charge < -0.3 is 14.7 Å². The van der Waals surface area contributed by atoms with E-state index < -0.39 is 5.97 Å². The van der Waals surface area contributed by atoms with Crippen LogP contribution in [-0.4, -0.2) is 47.3 Å². The summed E-state index contributed by atoms with van der Waals surface area (Å²) in [5.41, 5.74) is 0.756. The van der Waals surface area contributed by atoms with Gasteiger partial charge in [-0.3, -0.25) is 0 Å². The van der Waals surface area contributed by atoms with E-state index in [0.29, 0.717) is 12.8 Å². The lowest BCUT2D eigenvalue weighted by atomic mass is 10.1. The van der Waals surface area contributed by atoms with E-state index >= 15 is 0 Å². The number of ether oxygens (including phenoxy) is 1. The SMILES string of the molecule is COC(=O)c1nc(N2CCC(O)CC2)c2sccc2n1. The van der Waals surface area contributed by atoms with E-state index in [9.17, 15) is 9.90 Å². The van der Waals surface area contributed by atoms with Crippen LogP contribution in [0.4, 0.5) is 5.82 Å². The molecule has 6 nitrogen and oxygen atoms in total. The Morgan fingerprint density at radius 1 is 1.45 bits per heavy atom. The van der Waals surface area contributed by atoms with Crippen molar-refractivity contribution in [3.63, 3.8) is 0 Å². The molecular formula is C13H15N3O3S. The van der Waals surface area contributed by atoms with Crippen LogP contribution in [0.1, 0.15) is 23.5 Å². The first-order valence-electron chi connectivity index (χ1n) is 6.45. The molecule has 0 aromatic carbocycles. The highest BCUT2D eigenvalue weighted by molar-refractivity contribution is 7.17. The molecule has 2 aromatic heterocycles. The van der Waals surface area contributed by atoms with Gasteiger partial charge >= 0.3 is 5.97 Å². The van der Waals surface area contributed by atoms with E-state index in [1.54, 1.807) is 11.3 Å². The van der Waals surface area contributed by atoms with Crippen LogP contribution in [0.25, 0.3) is 10.2 Å². The first-order chi connectivity index (χ1) is 9.69. The van der Waals surface area contributed by atoms with Gasteiger partial charge in [0.1, 0.15) is 0 Å². The molecule has 1 N–H and O–H groups in total. The lowest BCUT2D eigenvalue weighted by Crippen LogP contribution is -2.36. The number of aliphatic hydroxyl groups is 1. The third-order valence-electron chi connectivity index (χ3n) is 3.42. The van der Waals surface area contributed by atoms with Gasteiger partial charge in [0.05, 0.1) is 23.4 Å². The maximum Gasteiger partial charge on any atom is 0.376 e. The van der Waals surface area contributed by atoms with Crippen LogP contribution in [0.3, 0.4) is 0 Å². The number of piperidine rings is 1. The number of carbonyl (C=O) groups is 1. The summed E-state index contributed by atoms with van der Waals surface area (Å²) in [4.78, 5) is 22.3. The van der Waals surface area contributed by atoms with E-state index in [0.717, 1.165) is 29.1 Å². The topological polar surface area (TPSA) is 75.5 Å². The Kier molecular flexibility index (Phi) is 3.54. The van der Waals surface area contributed by atoms with Gasteiger partial charge in [-0.1, -0.05) is 0 Å². The molecule has 20 heavy (non-hydrogen) atoms. The van der Waals surface area contributed by atoms with Crippen LogP contribution < -0.4 is 4.90 Å². The molecule has 0 unspecified atom stereocenters. The Bertz CT molecular complexity index is 635. The predicted molar refractivity (Wildman–Crippen MR) is 76.2 cm³/mol. The third-order valence-corrected chi connectivity index (χ3v) is 4.32. The van der Waals surface area contributed by atoms with Crippen LogP contribution in [0, 0.1) is 0 Å². The molecule has 1 aliphatic heterocycles. The van der Waals surface area contributed by atoms with Gasteiger partial charge in [0.2, 0.25) is 5.82 Å². The fourth-order valence-electron chi connectivity index (χ4n) is 2.32. The van der Waals surface area contributed by atoms with Crippen molar-refractivity contribution in [2.45, 2.75) is 18.9 Å². The highest BCUT2D eigenvalue weighted by Gasteiger charge is 2.23. The Morgan fingerprint density at radius 3 is 2.90 bits per heavy atom. The van der Waals surface area contributed by atoms with E-state index in [-0.39, 0.29) is 11.9 Å². The zero-order chi connectivity index (χ0) is 14.1. The summed E-state index contributed by atoms with van der Waals surface area (Å²) >= 11 is 1.56. The molecule has 0 radical (unpaired) electrons. The number of aliphatic hydroxyl groups excluding tert-OH is 1. The predicted octanol–water partition coefficient (Wildman–Crippen LogP) is 1.44. The van der Waals surface area contributed by atoms with Gasteiger partial charge in [0, 0.05) is 13.1 Å². The third kappa shape index (κ3) is 2.34. The second-order valence-corrected chi connectivity index (χ2v) is 5.63. The van der Waals surface area contributed by atoms with Crippen molar-refractivity contribution in [1.29, 1.82) is 0 Å². The van der Waals surface area contributed by atoms with Gasteiger partial charge in [-0.05, 0) is 24.3 Å². The monoisotopic (exact) mass is 293 g/mol. The first kappa shape index (κ1) is 13.3. The Labute approximate surface area is 120 Å². The van der Waals surface area contributed by atoms with Gasteiger partial charge in [0.15, 0.2) is 5.82 Å². The average molecular weight is 293 g/mol. The van der Waals surface area contributed by atoms with Crippen LogP contribution >= 0.6 is 11.3 Å². The molecule has 0 spiro atoms. The maximum absolute atomic E-state index is 11.7. The number of nitrogens with zero attached hydrogens (tertiary/aromatic N) is 3. The van der Waals surface area contributed by atoms with Gasteiger partial charge in [-0.25, -0.2) is 14.8 Å². The van der Waals surface area contributed by atoms with Crippen LogP contribution in [0.5, 0.6) is 0 Å². The van der Waals surface area contributed by atoms with Crippen molar-refractivity contribution in [2.24, 2.45) is 0 Å². The minimum atomic E-state index is -0.531. The molecule has 0 amide bonds. The van der Waals surface area contributed by atoms with E-state index in [1.807, 2.05) is 11.4 Å². The highest BCUT2D eigenvalue weighted by Crippen LogP contribution is 2.30. The summed E-state index contributed by atoms with van der Waals surface area (Å²) in [5, 5.41) is 11.5. The summed E-state index contributed by atoms with van der Waals surface area (Å²) in [7, 11) is 1.32. The van der Waals surface area contributed by atoms with E-state index in [2.05, 4.69) is 14.9 Å². The zero-order valence-electron chi connectivity index (χ0n) is 11.1. The standard InChI is InChI=1S/C13H15N3O3S/c1-19-13(18)11-14-9-4-7-20-10(9)12(15-11)16-5-2-8(17)3-6-16/h4,7-8,17H,2-3,5-6H2,1H3. The number of hydrogen-bond donors (Lipinski definition) is 1. The number of rotatable bonds is 2. The molecular weight excluding hydrogens is 278 g/mol. The summed E-state index contributed by atoms with van der Waals surface area (Å²) in [6.45, 7) is 1.46. The number of fused-ring (bicyclic) bond motifs is 1. The number of aromatic nitrogens is 2. The lowest BCUT2D eigenvalue weighted by Gasteiger charge is -2.30. The minimum absolute atomic E-state index is 0.0829. The molecule has 2 aromatic rings. The Hall–Kier alpha value is -1.73. The van der Waals surface area contributed by atoms with Crippen molar-refractivity contribution < 1.29 is 14.6 Å². The molecule has 0 saturated carbocycles. The normalized spacial score (nSPS) is 16.6. The summed E-state index contributed by atoms with van der Waals surface area (Å²) in [6, 6.07) is 1.87. The zero-order valence-corrected chi connectivity index (χ0v) is 11.9. The van der Waals surface area contributed by atoms with Crippen molar-refractivity contribution in [3.8, 4) is 0 Å². The Balaban J connectivity index is 2.03. The molecule has 7 heteroatoms. The second-order valence-electron chi connectivity index (χ2n) is 4.72. The summed E-state index contributed by atoms with van der Waals surface area (Å²) < 4.78 is 5.67. The van der Waals surface area contributed by atoms with Crippen molar-refractivity contribution in [1.82, 2.24) is 9.97 Å². The van der Waals surface area contributed by atoms with Crippen molar-refractivity contribution in [3.05, 3.63) is 17.3 Å². The number of carbonyl (C=O) groups excluding carboxylic acids is 1. The molecule has 0 aliphatic carbocycles. The molecule has 1 aliphatic rings. The quantitative estimate of drug-likeness (QED) is 0.844. The lowest BCUT2D eigenvalue weighted by molar-refractivity contribution is 0.0587. The van der Waals surface area contributed by atoms with Crippen molar-refractivity contribution >= 4 is 33.3 Å². The smallest absolute Gasteiger partial charge is 0.376 e. The van der Waals surface area contributed by atoms with Crippen LogP contribution in [-0.2, 0) is 4.74 Å². The van der Waals surface area contributed by atoms with Gasteiger partial charge in [-0.2, -0.15) is 0 Å². The van der Waals surface area contributed by atoms with Gasteiger partial charge in [0.25, 0.3) is 0 Å². The number of esters is 1. The second kappa shape index (κ2) is 5.34. The molecule has 0 bridgehead atoms. The van der Waals surface area contributed by atoms with Crippen LogP contribution in [0.15, 0.2) is 11.4 Å². The van der Waals surface area contributed by atoms with Crippen LogP contribution in [0.2, 0.25) is 0 Å². The first-order valence-corrected chi connectivity index (χ1v) is 7.33. The molecule has 1 fully saturated rings. The number of anilines is 1. The van der Waals surface area contributed by atoms with Crippen molar-refractivity contribution in [2.75, 3.05) is 25.1 Å². The van der Waals surface area contributed by atoms with Gasteiger partial charge in [-0.15, -0.1) is 11.3 Å². The number of methoxy groups -OCH3 is 1. The minimum Gasteiger partial charge on any atom is -0.463 e. The number of hydrogen-bond acceptors (Lipinski definition) is 7. The molecule has 3 heterocycles. The highest BCUT2D eigenvalue weighted by atomic mass is 32.1. The average Bonchev–Trinajstić information content (AvgIpc) is 2.94. The summed E-state index contributed by atoms with van der Waals surface area (Å²) in [6.07, 6.45) is 1.18. The fourth-order valence-corrected chi connectivity index (χ4v) is 3.17. The molecule has 106 valence electrons. The fraction of sp³-hybridized carbons (Fsp3) is 0.462. The molecule has 3 rings (SSSR count). The molecule has 1 saturated heterocycles. The maximum atomic E-state index is 11.7. The molecule has 0 atom stereocenters.